The molecule has 1 aromatic carbocycles. The number of para-hydroxylation sites is 1. The molecule has 18 heavy (non-hydrogen) atoms. The molecule has 0 aliphatic heterocycles. The van der Waals surface area contributed by atoms with Crippen LogP contribution in [0.4, 0.5) is 5.69 Å². The van der Waals surface area contributed by atoms with E-state index < -0.39 is 0 Å². The molecule has 2 aromatic rings. The van der Waals surface area contributed by atoms with Gasteiger partial charge in [0.1, 0.15) is 0 Å². The van der Waals surface area contributed by atoms with Crippen LogP contribution in [0.15, 0.2) is 36.7 Å². The summed E-state index contributed by atoms with van der Waals surface area (Å²) >= 11 is 0. The number of benzene rings is 1. The van der Waals surface area contributed by atoms with Crippen LogP contribution in [-0.4, -0.2) is 9.49 Å². The van der Waals surface area contributed by atoms with Crippen LogP contribution in [0.1, 0.15) is 16.7 Å². The van der Waals surface area contributed by atoms with Crippen molar-refractivity contribution in [3.63, 3.8) is 0 Å². The van der Waals surface area contributed by atoms with Crippen LogP contribution in [0.25, 0.3) is 0 Å². The lowest BCUT2D eigenvalue weighted by Gasteiger charge is -2.04. The standard InChI is InChI=1S/C14H16N2O2/c1-11-9-15(10-12(11)2)8-7-13-5-3-4-6-14(13)16(17)18/h3-6,9-10H,7-8H2,1-2H3. The third-order valence-corrected chi connectivity index (χ3v) is 3.17. The van der Waals surface area contributed by atoms with E-state index in [1.54, 1.807) is 12.1 Å². The first-order valence-corrected chi connectivity index (χ1v) is 5.93. The molecule has 94 valence electrons. The number of nitrogens with zero attached hydrogens (tertiary/aromatic N) is 2. The van der Waals surface area contributed by atoms with Gasteiger partial charge in [-0.05, 0) is 31.4 Å². The van der Waals surface area contributed by atoms with E-state index in [9.17, 15) is 10.1 Å². The quantitative estimate of drug-likeness (QED) is 0.612. The molecule has 0 bridgehead atoms. The number of nitro groups is 1. The lowest BCUT2D eigenvalue weighted by molar-refractivity contribution is -0.385. The van der Waals surface area contributed by atoms with Gasteiger partial charge in [-0.15, -0.1) is 0 Å². The largest absolute Gasteiger partial charge is 0.353 e. The maximum atomic E-state index is 10.9. The Morgan fingerprint density at radius 1 is 1.17 bits per heavy atom. The van der Waals surface area contributed by atoms with E-state index in [1.165, 1.54) is 11.1 Å². The molecule has 0 saturated carbocycles. The fourth-order valence-electron chi connectivity index (χ4n) is 2.02. The van der Waals surface area contributed by atoms with Crippen molar-refractivity contribution in [1.29, 1.82) is 0 Å². The smallest absolute Gasteiger partial charge is 0.272 e. The van der Waals surface area contributed by atoms with E-state index >= 15 is 0 Å². The zero-order valence-corrected chi connectivity index (χ0v) is 10.6. The van der Waals surface area contributed by atoms with Gasteiger partial charge in [0.25, 0.3) is 5.69 Å². The van der Waals surface area contributed by atoms with Crippen LogP contribution in [-0.2, 0) is 13.0 Å². The first-order chi connectivity index (χ1) is 8.58. The van der Waals surface area contributed by atoms with Gasteiger partial charge in [-0.1, -0.05) is 18.2 Å². The Kier molecular flexibility index (Phi) is 3.46. The number of aromatic nitrogens is 1. The third-order valence-electron chi connectivity index (χ3n) is 3.17. The number of hydrogen-bond donors (Lipinski definition) is 0. The molecule has 1 heterocycles. The summed E-state index contributed by atoms with van der Waals surface area (Å²) in [4.78, 5) is 10.6. The summed E-state index contributed by atoms with van der Waals surface area (Å²) in [6, 6.07) is 6.92. The summed E-state index contributed by atoms with van der Waals surface area (Å²) in [5.74, 6) is 0. The number of nitro benzene ring substituents is 1. The van der Waals surface area contributed by atoms with Crippen LogP contribution in [0, 0.1) is 24.0 Å². The Morgan fingerprint density at radius 3 is 2.39 bits per heavy atom. The Bertz CT molecular complexity index is 553. The molecule has 0 aliphatic rings. The molecule has 0 atom stereocenters. The molecular weight excluding hydrogens is 228 g/mol. The summed E-state index contributed by atoms with van der Waals surface area (Å²) in [5, 5.41) is 10.9. The summed E-state index contributed by atoms with van der Waals surface area (Å²) < 4.78 is 2.08. The van der Waals surface area contributed by atoms with Gasteiger partial charge in [0, 0.05) is 30.6 Å². The zero-order valence-electron chi connectivity index (χ0n) is 10.6. The monoisotopic (exact) mass is 244 g/mol. The van der Waals surface area contributed by atoms with Crippen LogP contribution in [0.3, 0.4) is 0 Å². The summed E-state index contributed by atoms with van der Waals surface area (Å²) in [6.45, 7) is 4.90. The van der Waals surface area contributed by atoms with Crippen LogP contribution >= 0.6 is 0 Å². The molecule has 0 radical (unpaired) electrons. The average molecular weight is 244 g/mol. The van der Waals surface area contributed by atoms with Crippen molar-refractivity contribution in [2.75, 3.05) is 0 Å². The zero-order chi connectivity index (χ0) is 13.1. The molecule has 4 nitrogen and oxygen atoms in total. The van der Waals surface area contributed by atoms with Gasteiger partial charge in [0.2, 0.25) is 0 Å². The fourth-order valence-corrected chi connectivity index (χ4v) is 2.02. The highest BCUT2D eigenvalue weighted by atomic mass is 16.6. The van der Waals surface area contributed by atoms with E-state index in [0.29, 0.717) is 6.42 Å². The van der Waals surface area contributed by atoms with Gasteiger partial charge >= 0.3 is 0 Å². The van der Waals surface area contributed by atoms with Crippen molar-refractivity contribution >= 4 is 5.69 Å². The highest BCUT2D eigenvalue weighted by molar-refractivity contribution is 5.39. The fraction of sp³-hybridized carbons (Fsp3) is 0.286. The number of hydrogen-bond acceptors (Lipinski definition) is 2. The Hall–Kier alpha value is -2.10. The molecule has 0 unspecified atom stereocenters. The second-order valence-corrected chi connectivity index (χ2v) is 4.50. The summed E-state index contributed by atoms with van der Waals surface area (Å²) in [5.41, 5.74) is 3.49. The molecule has 0 spiro atoms. The molecule has 0 aliphatic carbocycles. The van der Waals surface area contributed by atoms with Gasteiger partial charge in [-0.3, -0.25) is 10.1 Å². The number of aryl methyl sites for hydroxylation is 4. The van der Waals surface area contributed by atoms with Crippen molar-refractivity contribution in [3.8, 4) is 0 Å². The first-order valence-electron chi connectivity index (χ1n) is 5.93. The van der Waals surface area contributed by atoms with Crippen LogP contribution in [0.2, 0.25) is 0 Å². The SMILES string of the molecule is Cc1cn(CCc2ccccc2[N+](=O)[O-])cc1C. The topological polar surface area (TPSA) is 48.1 Å². The normalized spacial score (nSPS) is 10.6. The van der Waals surface area contributed by atoms with Gasteiger partial charge in [0.05, 0.1) is 4.92 Å². The van der Waals surface area contributed by atoms with Crippen molar-refractivity contribution in [2.24, 2.45) is 0 Å². The van der Waals surface area contributed by atoms with Gasteiger partial charge in [0.15, 0.2) is 0 Å². The molecular formula is C14H16N2O2. The average Bonchev–Trinajstić information content (AvgIpc) is 2.66. The minimum atomic E-state index is -0.318. The second-order valence-electron chi connectivity index (χ2n) is 4.50. The van der Waals surface area contributed by atoms with Crippen molar-refractivity contribution in [3.05, 3.63) is 63.5 Å². The lowest BCUT2D eigenvalue weighted by atomic mass is 10.1. The minimum Gasteiger partial charge on any atom is -0.353 e. The van der Waals surface area contributed by atoms with Crippen molar-refractivity contribution in [1.82, 2.24) is 4.57 Å². The molecule has 4 heteroatoms. The van der Waals surface area contributed by atoms with Crippen LogP contribution < -0.4 is 0 Å². The third kappa shape index (κ3) is 2.59. The Morgan fingerprint density at radius 2 is 1.78 bits per heavy atom. The molecule has 0 N–H and O–H groups in total. The molecule has 0 saturated heterocycles. The summed E-state index contributed by atoms with van der Waals surface area (Å²) in [7, 11) is 0. The number of rotatable bonds is 4. The van der Waals surface area contributed by atoms with E-state index in [4.69, 9.17) is 0 Å². The lowest BCUT2D eigenvalue weighted by Crippen LogP contribution is -2.01. The minimum absolute atomic E-state index is 0.207. The van der Waals surface area contributed by atoms with Gasteiger partial charge in [-0.2, -0.15) is 0 Å². The van der Waals surface area contributed by atoms with Crippen molar-refractivity contribution in [2.45, 2.75) is 26.8 Å². The maximum absolute atomic E-state index is 10.9. The molecule has 0 amide bonds. The first kappa shape index (κ1) is 12.4. The molecule has 2 rings (SSSR count). The predicted molar refractivity (Wildman–Crippen MR) is 70.7 cm³/mol. The van der Waals surface area contributed by atoms with Crippen LogP contribution in [0.5, 0.6) is 0 Å². The highest BCUT2D eigenvalue weighted by Crippen LogP contribution is 2.19. The van der Waals surface area contributed by atoms with E-state index in [1.807, 2.05) is 12.1 Å². The highest BCUT2D eigenvalue weighted by Gasteiger charge is 2.11. The second kappa shape index (κ2) is 5.04. The predicted octanol–water partition coefficient (Wildman–Crippen LogP) is 3.26. The Labute approximate surface area is 106 Å². The maximum Gasteiger partial charge on any atom is 0.272 e. The van der Waals surface area contributed by atoms with E-state index in [2.05, 4.69) is 30.8 Å². The van der Waals surface area contributed by atoms with Gasteiger partial charge < -0.3 is 4.57 Å². The van der Waals surface area contributed by atoms with Crippen molar-refractivity contribution < 1.29 is 4.92 Å². The van der Waals surface area contributed by atoms with E-state index in [-0.39, 0.29) is 10.6 Å². The van der Waals surface area contributed by atoms with Gasteiger partial charge in [-0.25, -0.2) is 0 Å². The Balaban J connectivity index is 2.13. The molecule has 1 aromatic heterocycles. The molecule has 0 fully saturated rings. The summed E-state index contributed by atoms with van der Waals surface area (Å²) in [6.07, 6.45) is 4.82. The van der Waals surface area contributed by atoms with E-state index in [0.717, 1.165) is 12.1 Å².